The molecule has 0 heterocycles. The second-order valence-electron chi connectivity index (χ2n) is 2.61. The van der Waals surface area contributed by atoms with Crippen LogP contribution in [0.4, 0.5) is 10.5 Å². The largest absolute Gasteiger partial charge is 0.465 e. The first kappa shape index (κ1) is 7.16. The standard InChI is InChI=1S/C9H11NO2/c1-6-4-3-5-8(7(6)2)10-9(11)12/h3-5,10H,1-2H3,(H,11,12)/i3D. The summed E-state index contributed by atoms with van der Waals surface area (Å²) in [6, 6.07) is 3.51. The summed E-state index contributed by atoms with van der Waals surface area (Å²) in [4.78, 5) is 10.4. The lowest BCUT2D eigenvalue weighted by Crippen LogP contribution is -2.08. The Morgan fingerprint density at radius 3 is 2.83 bits per heavy atom. The third-order valence-corrected chi connectivity index (χ3v) is 1.76. The molecule has 0 radical (unpaired) electrons. The van der Waals surface area contributed by atoms with Gasteiger partial charge in [-0.2, -0.15) is 0 Å². The van der Waals surface area contributed by atoms with E-state index in [1.54, 1.807) is 6.07 Å². The smallest absolute Gasteiger partial charge is 0.409 e. The third kappa shape index (κ3) is 1.75. The van der Waals surface area contributed by atoms with Crippen molar-refractivity contribution in [3.05, 3.63) is 29.3 Å². The molecule has 0 atom stereocenters. The van der Waals surface area contributed by atoms with E-state index in [0.29, 0.717) is 11.7 Å². The number of rotatable bonds is 1. The van der Waals surface area contributed by atoms with E-state index < -0.39 is 6.09 Å². The maximum atomic E-state index is 10.4. The molecular formula is C9H11NO2. The van der Waals surface area contributed by atoms with Crippen LogP contribution in [0.2, 0.25) is 0 Å². The van der Waals surface area contributed by atoms with Crippen LogP contribution in [0.5, 0.6) is 0 Å². The topological polar surface area (TPSA) is 49.3 Å². The molecule has 1 aromatic rings. The van der Waals surface area contributed by atoms with Gasteiger partial charge in [-0.1, -0.05) is 12.1 Å². The molecule has 0 saturated heterocycles. The molecule has 1 aromatic carbocycles. The van der Waals surface area contributed by atoms with Crippen molar-refractivity contribution in [1.29, 1.82) is 0 Å². The van der Waals surface area contributed by atoms with Crippen molar-refractivity contribution in [1.82, 2.24) is 0 Å². The molecule has 0 unspecified atom stereocenters. The highest BCUT2D eigenvalue weighted by molar-refractivity contribution is 5.84. The molecule has 1 rings (SSSR count). The minimum Gasteiger partial charge on any atom is -0.465 e. The van der Waals surface area contributed by atoms with Gasteiger partial charge < -0.3 is 5.11 Å². The molecule has 0 aliphatic carbocycles. The lowest BCUT2D eigenvalue weighted by atomic mass is 10.1. The van der Waals surface area contributed by atoms with Crippen LogP contribution in [0.15, 0.2) is 18.2 Å². The molecule has 0 aromatic heterocycles. The van der Waals surface area contributed by atoms with E-state index in [1.165, 1.54) is 6.07 Å². The fourth-order valence-electron chi connectivity index (χ4n) is 0.924. The van der Waals surface area contributed by atoms with Gasteiger partial charge >= 0.3 is 6.09 Å². The number of carbonyl (C=O) groups is 1. The van der Waals surface area contributed by atoms with Crippen LogP contribution in [0.1, 0.15) is 12.5 Å². The Morgan fingerprint density at radius 1 is 1.58 bits per heavy atom. The average molecular weight is 166 g/mol. The fourth-order valence-corrected chi connectivity index (χ4v) is 0.924. The van der Waals surface area contributed by atoms with Crippen LogP contribution in [0.3, 0.4) is 0 Å². The molecule has 0 aliphatic heterocycles. The lowest BCUT2D eigenvalue weighted by Gasteiger charge is -2.06. The first-order valence-electron chi connectivity index (χ1n) is 4.08. The summed E-state index contributed by atoms with van der Waals surface area (Å²) in [7, 11) is 0. The normalized spacial score (nSPS) is 10.7. The predicted molar refractivity (Wildman–Crippen MR) is 47.6 cm³/mol. The number of carboxylic acid groups (broad SMARTS) is 1. The molecule has 64 valence electrons. The minimum atomic E-state index is -1.10. The summed E-state index contributed by atoms with van der Waals surface area (Å²) in [6.07, 6.45) is -1.10. The Morgan fingerprint density at radius 2 is 2.25 bits per heavy atom. The van der Waals surface area contributed by atoms with Crippen LogP contribution in [0.25, 0.3) is 0 Å². The second-order valence-corrected chi connectivity index (χ2v) is 2.61. The van der Waals surface area contributed by atoms with Crippen molar-refractivity contribution in [2.24, 2.45) is 0 Å². The van der Waals surface area contributed by atoms with Crippen molar-refractivity contribution in [2.75, 3.05) is 5.32 Å². The number of hydrogen-bond acceptors (Lipinski definition) is 1. The van der Waals surface area contributed by atoms with Gasteiger partial charge in [0.25, 0.3) is 0 Å². The molecule has 0 aliphatic rings. The Balaban J connectivity index is 3.12. The van der Waals surface area contributed by atoms with Crippen LogP contribution >= 0.6 is 0 Å². The van der Waals surface area contributed by atoms with Crippen LogP contribution < -0.4 is 5.32 Å². The van der Waals surface area contributed by atoms with Gasteiger partial charge in [0, 0.05) is 5.69 Å². The third-order valence-electron chi connectivity index (χ3n) is 1.76. The summed E-state index contributed by atoms with van der Waals surface area (Å²) in [5.74, 6) is 0. The molecular weight excluding hydrogens is 154 g/mol. The molecule has 0 saturated carbocycles. The summed E-state index contributed by atoms with van der Waals surface area (Å²) in [6.45, 7) is 3.67. The first-order valence-corrected chi connectivity index (χ1v) is 3.58. The maximum absolute atomic E-state index is 10.4. The first-order chi connectivity index (χ1) is 6.00. The summed E-state index contributed by atoms with van der Waals surface area (Å²) >= 11 is 0. The van der Waals surface area contributed by atoms with Gasteiger partial charge in [-0.15, -0.1) is 0 Å². The Hall–Kier alpha value is -1.51. The fraction of sp³-hybridized carbons (Fsp3) is 0.222. The summed E-state index contributed by atoms with van der Waals surface area (Å²) < 4.78 is 7.38. The molecule has 0 fully saturated rings. The van der Waals surface area contributed by atoms with Crippen molar-refractivity contribution in [3.63, 3.8) is 0 Å². The number of anilines is 1. The van der Waals surface area contributed by atoms with E-state index in [9.17, 15) is 4.79 Å². The van der Waals surface area contributed by atoms with E-state index in [0.717, 1.165) is 11.1 Å². The van der Waals surface area contributed by atoms with Crippen LogP contribution in [-0.4, -0.2) is 11.2 Å². The molecule has 1 amide bonds. The SMILES string of the molecule is [2H]c1cc(C)c(C)c(NC(=O)O)c1. The number of nitrogens with one attached hydrogen (secondary N) is 1. The zero-order valence-corrected chi connectivity index (χ0v) is 7.01. The Bertz CT molecular complexity index is 350. The lowest BCUT2D eigenvalue weighted by molar-refractivity contribution is 0.209. The van der Waals surface area contributed by atoms with Crippen LogP contribution in [0, 0.1) is 13.8 Å². The number of amides is 1. The maximum Gasteiger partial charge on any atom is 0.409 e. The second kappa shape index (κ2) is 3.26. The summed E-state index contributed by atoms with van der Waals surface area (Å²) in [5, 5.41) is 10.8. The van der Waals surface area contributed by atoms with E-state index >= 15 is 0 Å². The molecule has 3 heteroatoms. The number of aryl methyl sites for hydroxylation is 1. The van der Waals surface area contributed by atoms with Crippen molar-refractivity contribution < 1.29 is 11.3 Å². The zero-order chi connectivity index (χ0) is 10.0. The zero-order valence-electron chi connectivity index (χ0n) is 8.01. The molecule has 0 bridgehead atoms. The molecule has 3 nitrogen and oxygen atoms in total. The predicted octanol–water partition coefficient (Wildman–Crippen LogP) is 2.39. The minimum absolute atomic E-state index is 0.312. The van der Waals surface area contributed by atoms with Gasteiger partial charge in [0.05, 0.1) is 1.37 Å². The van der Waals surface area contributed by atoms with Crippen molar-refractivity contribution in [2.45, 2.75) is 13.8 Å². The number of hydrogen-bond donors (Lipinski definition) is 2. The molecule has 2 N–H and O–H groups in total. The van der Waals surface area contributed by atoms with E-state index in [4.69, 9.17) is 6.48 Å². The Kier molecular flexibility index (Phi) is 1.94. The van der Waals surface area contributed by atoms with Crippen molar-refractivity contribution >= 4 is 11.8 Å². The highest BCUT2D eigenvalue weighted by Crippen LogP contribution is 2.17. The van der Waals surface area contributed by atoms with Gasteiger partial charge in [0.2, 0.25) is 0 Å². The number of benzene rings is 1. The monoisotopic (exact) mass is 166 g/mol. The van der Waals surface area contributed by atoms with E-state index in [-0.39, 0.29) is 0 Å². The van der Waals surface area contributed by atoms with Gasteiger partial charge in [-0.25, -0.2) is 4.79 Å². The quantitative estimate of drug-likeness (QED) is 0.673. The van der Waals surface area contributed by atoms with Gasteiger partial charge in [-0.05, 0) is 31.0 Å². The van der Waals surface area contributed by atoms with Crippen molar-refractivity contribution in [3.8, 4) is 0 Å². The van der Waals surface area contributed by atoms with E-state index in [2.05, 4.69) is 5.32 Å². The highest BCUT2D eigenvalue weighted by atomic mass is 16.4. The highest BCUT2D eigenvalue weighted by Gasteiger charge is 2.02. The molecule has 0 spiro atoms. The van der Waals surface area contributed by atoms with Gasteiger partial charge in [0.15, 0.2) is 0 Å². The Labute approximate surface area is 72.4 Å². The molecule has 12 heavy (non-hydrogen) atoms. The van der Waals surface area contributed by atoms with Gasteiger partial charge in [0.1, 0.15) is 0 Å². The average Bonchev–Trinajstić information content (AvgIpc) is 1.98. The van der Waals surface area contributed by atoms with Gasteiger partial charge in [-0.3, -0.25) is 5.32 Å². The van der Waals surface area contributed by atoms with E-state index in [1.807, 2.05) is 13.8 Å². The summed E-state index contributed by atoms with van der Waals surface area (Å²) in [5.41, 5.74) is 2.26. The van der Waals surface area contributed by atoms with Crippen LogP contribution in [-0.2, 0) is 0 Å².